The molecule has 0 saturated heterocycles. The molecule has 0 radical (unpaired) electrons. The Morgan fingerprint density at radius 1 is 1.21 bits per heavy atom. The minimum absolute atomic E-state index is 0.176. The number of para-hydroxylation sites is 1. The second kappa shape index (κ2) is 5.44. The van der Waals surface area contributed by atoms with Crippen molar-refractivity contribution in [3.8, 4) is 22.6 Å². The van der Waals surface area contributed by atoms with E-state index in [0.29, 0.717) is 5.75 Å². The van der Waals surface area contributed by atoms with Crippen LogP contribution in [0.5, 0.6) is 11.5 Å². The summed E-state index contributed by atoms with van der Waals surface area (Å²) in [5, 5.41) is 9.52. The Kier molecular flexibility index (Phi) is 3.71. The van der Waals surface area contributed by atoms with Crippen LogP contribution in [-0.4, -0.2) is 17.1 Å². The van der Waals surface area contributed by atoms with Crippen molar-refractivity contribution >= 4 is 5.91 Å². The van der Waals surface area contributed by atoms with Crippen LogP contribution in [0.2, 0.25) is 0 Å². The number of nitrogens with two attached hydrogens (primary N) is 1. The first-order valence-electron chi connectivity index (χ1n) is 5.92. The van der Waals surface area contributed by atoms with Crippen molar-refractivity contribution in [2.24, 2.45) is 5.73 Å². The molecule has 1 amide bonds. The zero-order valence-corrected chi connectivity index (χ0v) is 10.5. The van der Waals surface area contributed by atoms with Crippen molar-refractivity contribution < 1.29 is 14.6 Å². The number of primary amides is 1. The predicted molar refractivity (Wildman–Crippen MR) is 72.8 cm³/mol. The van der Waals surface area contributed by atoms with E-state index in [9.17, 15) is 9.90 Å². The molecule has 0 spiro atoms. The molecule has 2 aromatic rings. The normalized spacial score (nSPS) is 11.8. The fourth-order valence-corrected chi connectivity index (χ4v) is 1.73. The van der Waals surface area contributed by atoms with Crippen molar-refractivity contribution in [3.63, 3.8) is 0 Å². The quantitative estimate of drug-likeness (QED) is 0.882. The lowest BCUT2D eigenvalue weighted by Crippen LogP contribution is -2.30. The maximum atomic E-state index is 11.1. The third-order valence-electron chi connectivity index (χ3n) is 2.75. The standard InChI is InChI=1S/C15H15NO3/c1-10(15(16)18)19-14-8-3-2-7-13(14)11-5-4-6-12(17)9-11/h2-10,17H,1H3,(H2,16,18)/t10-/m1/s1. The highest BCUT2D eigenvalue weighted by Gasteiger charge is 2.13. The summed E-state index contributed by atoms with van der Waals surface area (Å²) in [4.78, 5) is 11.1. The number of hydrogen-bond acceptors (Lipinski definition) is 3. The van der Waals surface area contributed by atoms with Gasteiger partial charge in [0.2, 0.25) is 0 Å². The van der Waals surface area contributed by atoms with Gasteiger partial charge in [0.05, 0.1) is 0 Å². The average Bonchev–Trinajstić information content (AvgIpc) is 2.39. The molecule has 0 aliphatic carbocycles. The zero-order valence-electron chi connectivity index (χ0n) is 10.5. The van der Waals surface area contributed by atoms with Gasteiger partial charge in [-0.2, -0.15) is 0 Å². The number of phenols is 1. The fraction of sp³-hybridized carbons (Fsp3) is 0.133. The van der Waals surface area contributed by atoms with Crippen LogP contribution in [0.25, 0.3) is 11.1 Å². The molecule has 1 atom stereocenters. The van der Waals surface area contributed by atoms with Gasteiger partial charge in [-0.05, 0) is 30.7 Å². The van der Waals surface area contributed by atoms with E-state index in [2.05, 4.69) is 0 Å². The molecular weight excluding hydrogens is 242 g/mol. The number of carbonyl (C=O) groups excluding carboxylic acids is 1. The summed E-state index contributed by atoms with van der Waals surface area (Å²) in [7, 11) is 0. The topological polar surface area (TPSA) is 72.6 Å². The van der Waals surface area contributed by atoms with Gasteiger partial charge in [0.15, 0.2) is 6.10 Å². The van der Waals surface area contributed by atoms with Crippen LogP contribution in [-0.2, 0) is 4.79 Å². The number of ether oxygens (including phenoxy) is 1. The highest BCUT2D eigenvalue weighted by Crippen LogP contribution is 2.32. The maximum Gasteiger partial charge on any atom is 0.258 e. The Labute approximate surface area is 111 Å². The van der Waals surface area contributed by atoms with Crippen LogP contribution in [0, 0.1) is 0 Å². The first-order chi connectivity index (χ1) is 9.08. The summed E-state index contributed by atoms with van der Waals surface area (Å²) < 4.78 is 5.55. The Morgan fingerprint density at radius 2 is 1.95 bits per heavy atom. The third kappa shape index (κ3) is 3.04. The number of rotatable bonds is 4. The number of phenolic OH excluding ortho intramolecular Hbond substituents is 1. The molecule has 3 N–H and O–H groups in total. The summed E-state index contributed by atoms with van der Waals surface area (Å²) in [5.41, 5.74) is 6.80. The van der Waals surface area contributed by atoms with Gasteiger partial charge in [-0.25, -0.2) is 0 Å². The lowest BCUT2D eigenvalue weighted by molar-refractivity contribution is -0.123. The number of aromatic hydroxyl groups is 1. The average molecular weight is 257 g/mol. The molecule has 4 heteroatoms. The minimum atomic E-state index is -0.710. The van der Waals surface area contributed by atoms with Gasteiger partial charge in [0, 0.05) is 5.56 Å². The summed E-state index contributed by atoms with van der Waals surface area (Å²) in [6.45, 7) is 1.60. The Balaban J connectivity index is 2.39. The van der Waals surface area contributed by atoms with Gasteiger partial charge in [0.1, 0.15) is 11.5 Å². The molecule has 98 valence electrons. The van der Waals surface area contributed by atoms with E-state index in [1.165, 1.54) is 0 Å². The first-order valence-corrected chi connectivity index (χ1v) is 5.92. The molecule has 2 rings (SSSR count). The number of carbonyl (C=O) groups is 1. The Hall–Kier alpha value is -2.49. The fourth-order valence-electron chi connectivity index (χ4n) is 1.73. The Morgan fingerprint density at radius 3 is 2.63 bits per heavy atom. The van der Waals surface area contributed by atoms with E-state index in [1.54, 1.807) is 31.2 Å². The van der Waals surface area contributed by atoms with Crippen molar-refractivity contribution in [1.82, 2.24) is 0 Å². The zero-order chi connectivity index (χ0) is 13.8. The van der Waals surface area contributed by atoms with Crippen molar-refractivity contribution in [1.29, 1.82) is 0 Å². The van der Waals surface area contributed by atoms with Crippen LogP contribution in [0.1, 0.15) is 6.92 Å². The predicted octanol–water partition coefficient (Wildman–Crippen LogP) is 2.31. The van der Waals surface area contributed by atoms with E-state index in [4.69, 9.17) is 10.5 Å². The largest absolute Gasteiger partial charge is 0.508 e. The SMILES string of the molecule is C[C@@H](Oc1ccccc1-c1cccc(O)c1)C(N)=O. The van der Waals surface area contributed by atoms with E-state index >= 15 is 0 Å². The molecule has 0 aliphatic rings. The van der Waals surface area contributed by atoms with Gasteiger partial charge in [-0.1, -0.05) is 30.3 Å². The highest BCUT2D eigenvalue weighted by atomic mass is 16.5. The van der Waals surface area contributed by atoms with Crippen LogP contribution in [0.4, 0.5) is 0 Å². The minimum Gasteiger partial charge on any atom is -0.508 e. The molecule has 0 bridgehead atoms. The van der Waals surface area contributed by atoms with Crippen LogP contribution >= 0.6 is 0 Å². The van der Waals surface area contributed by atoms with Crippen LogP contribution < -0.4 is 10.5 Å². The summed E-state index contributed by atoms with van der Waals surface area (Å²) in [6, 6.07) is 14.1. The summed E-state index contributed by atoms with van der Waals surface area (Å²) in [5.74, 6) is 0.209. The van der Waals surface area contributed by atoms with Crippen LogP contribution in [0.3, 0.4) is 0 Å². The molecule has 0 unspecified atom stereocenters. The second-order valence-electron chi connectivity index (χ2n) is 4.21. The van der Waals surface area contributed by atoms with Crippen molar-refractivity contribution in [2.45, 2.75) is 13.0 Å². The number of benzene rings is 2. The van der Waals surface area contributed by atoms with Gasteiger partial charge in [-0.3, -0.25) is 4.79 Å². The smallest absolute Gasteiger partial charge is 0.258 e. The number of hydrogen-bond donors (Lipinski definition) is 2. The van der Waals surface area contributed by atoms with Crippen molar-refractivity contribution in [2.75, 3.05) is 0 Å². The molecule has 2 aromatic carbocycles. The molecule has 0 aromatic heterocycles. The maximum absolute atomic E-state index is 11.1. The van der Waals surface area contributed by atoms with E-state index in [1.807, 2.05) is 24.3 Å². The molecule has 0 heterocycles. The molecule has 0 fully saturated rings. The molecule has 19 heavy (non-hydrogen) atoms. The van der Waals surface area contributed by atoms with Gasteiger partial charge < -0.3 is 15.6 Å². The van der Waals surface area contributed by atoms with Gasteiger partial charge in [0.25, 0.3) is 5.91 Å². The van der Waals surface area contributed by atoms with Crippen molar-refractivity contribution in [3.05, 3.63) is 48.5 Å². The molecular formula is C15H15NO3. The number of amides is 1. The van der Waals surface area contributed by atoms with E-state index in [0.717, 1.165) is 11.1 Å². The first kappa shape index (κ1) is 13.0. The van der Waals surface area contributed by atoms with Gasteiger partial charge in [-0.15, -0.1) is 0 Å². The monoisotopic (exact) mass is 257 g/mol. The molecule has 4 nitrogen and oxygen atoms in total. The highest BCUT2D eigenvalue weighted by molar-refractivity contribution is 5.79. The second-order valence-corrected chi connectivity index (χ2v) is 4.21. The van der Waals surface area contributed by atoms with Crippen LogP contribution in [0.15, 0.2) is 48.5 Å². The summed E-state index contributed by atoms with van der Waals surface area (Å²) in [6.07, 6.45) is -0.710. The molecule has 0 aliphatic heterocycles. The lowest BCUT2D eigenvalue weighted by atomic mass is 10.0. The lowest BCUT2D eigenvalue weighted by Gasteiger charge is -2.15. The molecule has 0 saturated carbocycles. The summed E-state index contributed by atoms with van der Waals surface area (Å²) >= 11 is 0. The Bertz CT molecular complexity index is 595. The third-order valence-corrected chi connectivity index (χ3v) is 2.75. The van der Waals surface area contributed by atoms with Gasteiger partial charge >= 0.3 is 0 Å². The van der Waals surface area contributed by atoms with E-state index in [-0.39, 0.29) is 5.75 Å². The van der Waals surface area contributed by atoms with E-state index < -0.39 is 12.0 Å².